The Labute approximate surface area is 76.6 Å². The van der Waals surface area contributed by atoms with Crippen molar-refractivity contribution in [1.29, 1.82) is 0 Å². The molecule has 2 N–H and O–H groups in total. The largest absolute Gasteiger partial charge is 0.393 e. The van der Waals surface area contributed by atoms with Gasteiger partial charge in [0.25, 0.3) is 0 Å². The molecule has 0 aliphatic carbocycles. The summed E-state index contributed by atoms with van der Waals surface area (Å²) in [4.78, 5) is 0. The summed E-state index contributed by atoms with van der Waals surface area (Å²) >= 11 is 0. The molecule has 1 aromatic rings. The standard InChI is InChI=1S/C10H12O3/c11-5-9-7-3-1-2-4-8(7)10(6-12)13-9/h1-4,9-12H,5-6H2. The van der Waals surface area contributed by atoms with E-state index in [-0.39, 0.29) is 25.4 Å². The number of hydrogen-bond donors (Lipinski definition) is 2. The molecule has 0 amide bonds. The van der Waals surface area contributed by atoms with Gasteiger partial charge in [-0.15, -0.1) is 0 Å². The first-order chi connectivity index (χ1) is 6.36. The summed E-state index contributed by atoms with van der Waals surface area (Å²) in [6.45, 7) is -0.0684. The van der Waals surface area contributed by atoms with Crippen LogP contribution in [0.1, 0.15) is 23.3 Å². The van der Waals surface area contributed by atoms with E-state index in [4.69, 9.17) is 14.9 Å². The van der Waals surface area contributed by atoms with Gasteiger partial charge in [0.05, 0.1) is 13.2 Å². The second-order valence-electron chi connectivity index (χ2n) is 3.11. The van der Waals surface area contributed by atoms with Gasteiger partial charge >= 0.3 is 0 Å². The summed E-state index contributed by atoms with van der Waals surface area (Å²) in [5.41, 5.74) is 1.98. The van der Waals surface area contributed by atoms with Crippen LogP contribution in [0.2, 0.25) is 0 Å². The average molecular weight is 180 g/mol. The fourth-order valence-electron chi connectivity index (χ4n) is 1.72. The van der Waals surface area contributed by atoms with Crippen LogP contribution in [0.4, 0.5) is 0 Å². The van der Waals surface area contributed by atoms with Gasteiger partial charge in [-0.1, -0.05) is 24.3 Å². The zero-order valence-corrected chi connectivity index (χ0v) is 7.18. The lowest BCUT2D eigenvalue weighted by atomic mass is 10.0. The zero-order valence-electron chi connectivity index (χ0n) is 7.18. The summed E-state index contributed by atoms with van der Waals surface area (Å²) in [5.74, 6) is 0. The smallest absolute Gasteiger partial charge is 0.107 e. The van der Waals surface area contributed by atoms with Gasteiger partial charge in [-0.05, 0) is 11.1 Å². The van der Waals surface area contributed by atoms with Crippen molar-refractivity contribution < 1.29 is 14.9 Å². The summed E-state index contributed by atoms with van der Waals surface area (Å²) in [6, 6.07) is 7.66. The van der Waals surface area contributed by atoms with Gasteiger partial charge < -0.3 is 14.9 Å². The van der Waals surface area contributed by atoms with Gasteiger partial charge in [-0.2, -0.15) is 0 Å². The number of benzene rings is 1. The Bertz CT molecular complexity index is 269. The Morgan fingerprint density at radius 2 is 1.46 bits per heavy atom. The summed E-state index contributed by atoms with van der Waals surface area (Å²) < 4.78 is 5.43. The van der Waals surface area contributed by atoms with Gasteiger partial charge in [-0.3, -0.25) is 0 Å². The molecule has 3 heteroatoms. The van der Waals surface area contributed by atoms with Crippen LogP contribution in [0.5, 0.6) is 0 Å². The van der Waals surface area contributed by atoms with Crippen molar-refractivity contribution in [3.8, 4) is 0 Å². The average Bonchev–Trinajstić information content (AvgIpc) is 2.56. The van der Waals surface area contributed by atoms with Crippen molar-refractivity contribution in [1.82, 2.24) is 0 Å². The molecule has 13 heavy (non-hydrogen) atoms. The van der Waals surface area contributed by atoms with E-state index in [0.29, 0.717) is 0 Å². The van der Waals surface area contributed by atoms with Crippen LogP contribution in [0.15, 0.2) is 24.3 Å². The van der Waals surface area contributed by atoms with Gasteiger partial charge in [0.1, 0.15) is 12.2 Å². The number of ether oxygens (including phenoxy) is 1. The molecule has 1 heterocycles. The van der Waals surface area contributed by atoms with E-state index in [2.05, 4.69) is 0 Å². The Morgan fingerprint density at radius 3 is 1.85 bits per heavy atom. The van der Waals surface area contributed by atoms with Crippen molar-refractivity contribution >= 4 is 0 Å². The van der Waals surface area contributed by atoms with Crippen LogP contribution >= 0.6 is 0 Å². The molecule has 2 rings (SSSR count). The first-order valence-electron chi connectivity index (χ1n) is 4.33. The predicted octanol–water partition coefficient (Wildman–Crippen LogP) is 0.784. The fraction of sp³-hybridized carbons (Fsp3) is 0.400. The van der Waals surface area contributed by atoms with Gasteiger partial charge in [0, 0.05) is 0 Å². The van der Waals surface area contributed by atoms with Gasteiger partial charge in [0.15, 0.2) is 0 Å². The molecule has 0 fully saturated rings. The first-order valence-corrected chi connectivity index (χ1v) is 4.33. The van der Waals surface area contributed by atoms with E-state index in [1.807, 2.05) is 24.3 Å². The number of aliphatic hydroxyl groups excluding tert-OH is 2. The molecule has 1 aliphatic rings. The lowest BCUT2D eigenvalue weighted by molar-refractivity contribution is -0.0415. The third-order valence-electron chi connectivity index (χ3n) is 2.35. The van der Waals surface area contributed by atoms with Gasteiger partial charge in [0.2, 0.25) is 0 Å². The van der Waals surface area contributed by atoms with E-state index in [1.165, 1.54) is 0 Å². The van der Waals surface area contributed by atoms with Crippen molar-refractivity contribution in [3.63, 3.8) is 0 Å². The quantitative estimate of drug-likeness (QED) is 0.707. The van der Waals surface area contributed by atoms with Crippen LogP contribution in [0.25, 0.3) is 0 Å². The van der Waals surface area contributed by atoms with E-state index >= 15 is 0 Å². The number of hydrogen-bond acceptors (Lipinski definition) is 3. The van der Waals surface area contributed by atoms with E-state index in [0.717, 1.165) is 11.1 Å². The second-order valence-corrected chi connectivity index (χ2v) is 3.11. The topological polar surface area (TPSA) is 49.7 Å². The van der Waals surface area contributed by atoms with E-state index < -0.39 is 0 Å². The predicted molar refractivity (Wildman–Crippen MR) is 47.2 cm³/mol. The van der Waals surface area contributed by atoms with E-state index in [1.54, 1.807) is 0 Å². The van der Waals surface area contributed by atoms with Crippen LogP contribution in [0.3, 0.4) is 0 Å². The molecule has 0 aromatic heterocycles. The zero-order chi connectivity index (χ0) is 9.26. The minimum Gasteiger partial charge on any atom is -0.393 e. The Kier molecular flexibility index (Phi) is 2.31. The molecule has 0 saturated heterocycles. The first kappa shape index (κ1) is 8.69. The van der Waals surface area contributed by atoms with Crippen LogP contribution in [0, 0.1) is 0 Å². The Hall–Kier alpha value is -0.900. The molecule has 0 spiro atoms. The minimum absolute atomic E-state index is 0.0342. The molecule has 1 aromatic carbocycles. The summed E-state index contributed by atoms with van der Waals surface area (Å²) in [6.07, 6.45) is -0.540. The third kappa shape index (κ3) is 1.35. The highest BCUT2D eigenvalue weighted by atomic mass is 16.5. The van der Waals surface area contributed by atoms with Crippen LogP contribution in [-0.4, -0.2) is 23.4 Å². The summed E-state index contributed by atoms with van der Waals surface area (Å²) in [7, 11) is 0. The highest BCUT2D eigenvalue weighted by molar-refractivity contribution is 5.34. The third-order valence-corrected chi connectivity index (χ3v) is 2.35. The lowest BCUT2D eigenvalue weighted by Gasteiger charge is -2.09. The molecule has 0 bridgehead atoms. The molecule has 0 saturated carbocycles. The van der Waals surface area contributed by atoms with Crippen molar-refractivity contribution in [2.24, 2.45) is 0 Å². The maximum atomic E-state index is 9.02. The minimum atomic E-state index is -0.270. The highest BCUT2D eigenvalue weighted by Crippen LogP contribution is 2.37. The van der Waals surface area contributed by atoms with Crippen molar-refractivity contribution in [3.05, 3.63) is 35.4 Å². The number of rotatable bonds is 2. The van der Waals surface area contributed by atoms with E-state index in [9.17, 15) is 0 Å². The molecule has 2 unspecified atom stereocenters. The highest BCUT2D eigenvalue weighted by Gasteiger charge is 2.29. The molecule has 1 aliphatic heterocycles. The molecule has 3 nitrogen and oxygen atoms in total. The van der Waals surface area contributed by atoms with Crippen molar-refractivity contribution in [2.45, 2.75) is 12.2 Å². The van der Waals surface area contributed by atoms with Gasteiger partial charge in [-0.25, -0.2) is 0 Å². The lowest BCUT2D eigenvalue weighted by Crippen LogP contribution is -2.05. The molecule has 0 radical (unpaired) electrons. The maximum absolute atomic E-state index is 9.02. The second kappa shape index (κ2) is 3.46. The molecule has 2 atom stereocenters. The Balaban J connectivity index is 2.38. The SMILES string of the molecule is OCC1OC(CO)c2ccccc21. The fourth-order valence-corrected chi connectivity index (χ4v) is 1.72. The molecule has 70 valence electrons. The number of aliphatic hydroxyl groups is 2. The Morgan fingerprint density at radius 1 is 1.00 bits per heavy atom. The normalized spacial score (nSPS) is 26.0. The monoisotopic (exact) mass is 180 g/mol. The molecular weight excluding hydrogens is 168 g/mol. The van der Waals surface area contributed by atoms with Crippen LogP contribution in [-0.2, 0) is 4.74 Å². The number of fused-ring (bicyclic) bond motifs is 1. The maximum Gasteiger partial charge on any atom is 0.107 e. The summed E-state index contributed by atoms with van der Waals surface area (Å²) in [5, 5.41) is 18.0. The molecular formula is C10H12O3. The van der Waals surface area contributed by atoms with Crippen LogP contribution < -0.4 is 0 Å². The van der Waals surface area contributed by atoms with Crippen molar-refractivity contribution in [2.75, 3.05) is 13.2 Å².